The summed E-state index contributed by atoms with van der Waals surface area (Å²) in [6, 6.07) is 22.2. The van der Waals surface area contributed by atoms with Crippen LogP contribution < -0.4 is 5.32 Å². The van der Waals surface area contributed by atoms with Crippen LogP contribution in [0.15, 0.2) is 66.7 Å². The molecule has 5 nitrogen and oxygen atoms in total. The van der Waals surface area contributed by atoms with Crippen LogP contribution >= 0.6 is 23.2 Å². The Balaban J connectivity index is 1.38. The van der Waals surface area contributed by atoms with Gasteiger partial charge in [-0.3, -0.25) is 9.69 Å². The first-order valence-electron chi connectivity index (χ1n) is 13.7. The summed E-state index contributed by atoms with van der Waals surface area (Å²) in [4.78, 5) is 21.6. The van der Waals surface area contributed by atoms with Gasteiger partial charge in [0.2, 0.25) is 5.91 Å². The quantitative estimate of drug-likeness (QED) is 0.297. The van der Waals surface area contributed by atoms with Gasteiger partial charge in [0.15, 0.2) is 5.69 Å². The number of rotatable bonds is 7. The summed E-state index contributed by atoms with van der Waals surface area (Å²) in [5.74, 6) is -0.0963. The first kappa shape index (κ1) is 27.7. The van der Waals surface area contributed by atoms with E-state index in [0.717, 1.165) is 37.1 Å². The zero-order valence-corrected chi connectivity index (χ0v) is 23.8. The minimum atomic E-state index is -0.255. The molecule has 3 aromatic rings. The number of nitrogens with one attached hydrogen (secondary N) is 1. The summed E-state index contributed by atoms with van der Waals surface area (Å²) < 4.78 is 0. The van der Waals surface area contributed by atoms with Crippen LogP contribution in [0.1, 0.15) is 44.1 Å². The molecular weight excluding hydrogens is 527 g/mol. The summed E-state index contributed by atoms with van der Waals surface area (Å²) in [5, 5.41) is 3.95. The van der Waals surface area contributed by atoms with Gasteiger partial charge in [-0.25, -0.2) is 4.85 Å². The largest absolute Gasteiger partial charge is 0.325 e. The third-order valence-corrected chi connectivity index (χ3v) is 8.89. The van der Waals surface area contributed by atoms with E-state index in [0.29, 0.717) is 27.5 Å². The average molecular weight is 562 g/mol. The summed E-state index contributed by atoms with van der Waals surface area (Å²) in [7, 11) is 2.06. The molecule has 1 N–H and O–H groups in total. The monoisotopic (exact) mass is 560 g/mol. The Morgan fingerprint density at radius 1 is 1.00 bits per heavy atom. The third-order valence-electron chi connectivity index (χ3n) is 8.45. The van der Waals surface area contributed by atoms with Crippen molar-refractivity contribution in [2.24, 2.45) is 0 Å². The Morgan fingerprint density at radius 2 is 1.67 bits per heavy atom. The molecule has 1 saturated heterocycles. The molecule has 0 radical (unpaired) electrons. The Labute approximate surface area is 241 Å². The number of carbonyl (C=O) groups excluding carboxylic acids is 1. The highest BCUT2D eigenvalue weighted by Crippen LogP contribution is 2.41. The molecule has 0 unspecified atom stereocenters. The highest BCUT2D eigenvalue weighted by atomic mass is 35.5. The van der Waals surface area contributed by atoms with Crippen LogP contribution in [-0.4, -0.2) is 48.4 Å². The van der Waals surface area contributed by atoms with Crippen molar-refractivity contribution in [2.75, 3.05) is 32.0 Å². The molecule has 1 aliphatic carbocycles. The molecule has 0 spiro atoms. The number of hydrogen-bond donors (Lipinski definition) is 1. The molecule has 202 valence electrons. The molecule has 1 aliphatic heterocycles. The van der Waals surface area contributed by atoms with E-state index in [1.807, 2.05) is 24.3 Å². The van der Waals surface area contributed by atoms with E-state index >= 15 is 0 Å². The number of halogens is 2. The zero-order chi connectivity index (χ0) is 27.4. The number of hydrogen-bond acceptors (Lipinski definition) is 3. The van der Waals surface area contributed by atoms with Crippen LogP contribution in [0.4, 0.5) is 11.4 Å². The fourth-order valence-electron chi connectivity index (χ4n) is 6.34. The maximum atomic E-state index is 13.2. The molecule has 7 heteroatoms. The van der Waals surface area contributed by atoms with Crippen LogP contribution in [0.3, 0.4) is 0 Å². The number of likely N-dealkylation sites (N-methyl/N-ethyl adjacent to an activating group) is 1. The minimum absolute atomic E-state index is 0.0963. The summed E-state index contributed by atoms with van der Waals surface area (Å²) in [6.07, 6.45) is 7.18. The Morgan fingerprint density at radius 3 is 2.31 bits per heavy atom. The molecule has 1 amide bonds. The molecule has 3 aromatic carbocycles. The number of nitrogens with zero attached hydrogens (tertiary/aromatic N) is 3. The SMILES string of the molecule is [C-]#[N+]c1cccc(-c2ccc(C3(N(C)CC(=O)Nc4cc(Cl)cc(Cl)c4)CCN(C4CCCC4)CC3)cc2)c1. The first-order valence-corrected chi connectivity index (χ1v) is 14.4. The van der Waals surface area contributed by atoms with Crippen molar-refractivity contribution in [1.82, 2.24) is 9.80 Å². The van der Waals surface area contributed by atoms with Gasteiger partial charge in [-0.1, -0.05) is 78.5 Å². The average Bonchev–Trinajstić information content (AvgIpc) is 3.48. The molecule has 1 heterocycles. The number of likely N-dealkylation sites (tertiary alicyclic amines) is 1. The fourth-order valence-corrected chi connectivity index (χ4v) is 6.87. The van der Waals surface area contributed by atoms with Gasteiger partial charge >= 0.3 is 0 Å². The molecule has 2 fully saturated rings. The predicted octanol–water partition coefficient (Wildman–Crippen LogP) is 8.02. The normalized spacial score (nSPS) is 17.7. The van der Waals surface area contributed by atoms with Gasteiger partial charge in [0, 0.05) is 40.4 Å². The lowest BCUT2D eigenvalue weighted by Gasteiger charge is -2.49. The van der Waals surface area contributed by atoms with Gasteiger partial charge in [-0.15, -0.1) is 0 Å². The van der Waals surface area contributed by atoms with E-state index in [1.54, 1.807) is 18.2 Å². The maximum absolute atomic E-state index is 13.2. The van der Waals surface area contributed by atoms with Gasteiger partial charge in [-0.2, -0.15) is 0 Å². The van der Waals surface area contributed by atoms with Crippen molar-refractivity contribution in [3.8, 4) is 11.1 Å². The van der Waals surface area contributed by atoms with Gasteiger partial charge in [-0.05, 0) is 73.7 Å². The van der Waals surface area contributed by atoms with E-state index in [4.69, 9.17) is 29.8 Å². The second-order valence-corrected chi connectivity index (χ2v) is 11.7. The molecule has 39 heavy (non-hydrogen) atoms. The van der Waals surface area contributed by atoms with Gasteiger partial charge in [0.1, 0.15) is 0 Å². The molecule has 5 rings (SSSR count). The topological polar surface area (TPSA) is 39.9 Å². The minimum Gasteiger partial charge on any atom is -0.325 e. The summed E-state index contributed by atoms with van der Waals surface area (Å²) >= 11 is 12.3. The predicted molar refractivity (Wildman–Crippen MR) is 161 cm³/mol. The van der Waals surface area contributed by atoms with E-state index in [2.05, 4.69) is 51.3 Å². The Bertz CT molecular complexity index is 1330. The number of piperidine rings is 1. The molecule has 0 bridgehead atoms. The lowest BCUT2D eigenvalue weighted by Crippen LogP contribution is -2.54. The van der Waals surface area contributed by atoms with Crippen molar-refractivity contribution >= 4 is 40.5 Å². The van der Waals surface area contributed by atoms with Crippen LogP contribution in [0.5, 0.6) is 0 Å². The first-order chi connectivity index (χ1) is 18.9. The maximum Gasteiger partial charge on any atom is 0.238 e. The second kappa shape index (κ2) is 12.1. The lowest BCUT2D eigenvalue weighted by atomic mass is 9.78. The van der Waals surface area contributed by atoms with Crippen molar-refractivity contribution < 1.29 is 4.79 Å². The standard InChI is InChI=1S/C32H34Cl2N4O/c1-35-28-7-5-6-24(18-28)23-10-12-25(13-11-23)32(14-16-38(17-15-32)30-8-3-4-9-30)37(2)22-31(39)36-29-20-26(33)19-27(34)21-29/h5-7,10-13,18-21,30H,3-4,8-9,14-17,22H2,2H3,(H,36,39). The number of benzene rings is 3. The van der Waals surface area contributed by atoms with Crippen molar-refractivity contribution in [2.45, 2.75) is 50.1 Å². The van der Waals surface area contributed by atoms with Crippen molar-refractivity contribution in [1.29, 1.82) is 0 Å². The molecule has 1 saturated carbocycles. The van der Waals surface area contributed by atoms with Gasteiger partial charge in [0.05, 0.1) is 13.1 Å². The zero-order valence-electron chi connectivity index (χ0n) is 22.3. The van der Waals surface area contributed by atoms with E-state index in [9.17, 15) is 4.79 Å². The third kappa shape index (κ3) is 6.31. The molecule has 0 aromatic heterocycles. The highest BCUT2D eigenvalue weighted by molar-refractivity contribution is 6.35. The van der Waals surface area contributed by atoms with E-state index < -0.39 is 0 Å². The van der Waals surface area contributed by atoms with Crippen molar-refractivity contribution in [3.05, 3.63) is 93.8 Å². The van der Waals surface area contributed by atoms with Crippen LogP contribution in [0.2, 0.25) is 10.0 Å². The Hall–Kier alpha value is -2.88. The summed E-state index contributed by atoms with van der Waals surface area (Å²) in [6.45, 7) is 9.64. The summed E-state index contributed by atoms with van der Waals surface area (Å²) in [5.41, 5.74) is 4.32. The number of carbonyl (C=O) groups is 1. The number of anilines is 1. The Kier molecular flexibility index (Phi) is 8.59. The van der Waals surface area contributed by atoms with Crippen LogP contribution in [-0.2, 0) is 10.3 Å². The fraction of sp³-hybridized carbons (Fsp3) is 0.375. The second-order valence-electron chi connectivity index (χ2n) is 10.8. The van der Waals surface area contributed by atoms with Crippen LogP contribution in [0.25, 0.3) is 16.0 Å². The molecular formula is C32H34Cl2N4O. The van der Waals surface area contributed by atoms with Gasteiger partial charge < -0.3 is 10.2 Å². The number of amides is 1. The lowest BCUT2D eigenvalue weighted by molar-refractivity contribution is -0.119. The molecule has 0 atom stereocenters. The molecule has 2 aliphatic rings. The van der Waals surface area contributed by atoms with E-state index in [-0.39, 0.29) is 18.0 Å². The smallest absolute Gasteiger partial charge is 0.238 e. The van der Waals surface area contributed by atoms with Crippen molar-refractivity contribution in [3.63, 3.8) is 0 Å². The van der Waals surface area contributed by atoms with Gasteiger partial charge in [0.25, 0.3) is 0 Å². The highest BCUT2D eigenvalue weighted by Gasteiger charge is 2.41. The van der Waals surface area contributed by atoms with E-state index in [1.165, 1.54) is 31.2 Å². The van der Waals surface area contributed by atoms with Crippen LogP contribution in [0, 0.1) is 6.57 Å².